The molecule has 1 unspecified atom stereocenters. The van der Waals surface area contributed by atoms with E-state index in [-0.39, 0.29) is 0 Å². The van der Waals surface area contributed by atoms with Crippen LogP contribution in [-0.2, 0) is 0 Å². The number of fused-ring (bicyclic) bond motifs is 1. The van der Waals surface area contributed by atoms with Crippen molar-refractivity contribution < 1.29 is 0 Å². The summed E-state index contributed by atoms with van der Waals surface area (Å²) in [5, 5.41) is 2.50. The van der Waals surface area contributed by atoms with Crippen molar-refractivity contribution in [1.29, 1.82) is 0 Å². The fourth-order valence-corrected chi connectivity index (χ4v) is 3.90. The Morgan fingerprint density at radius 2 is 2.10 bits per heavy atom. The van der Waals surface area contributed by atoms with E-state index in [1.54, 1.807) is 0 Å². The lowest BCUT2D eigenvalue weighted by atomic mass is 9.92. The lowest BCUT2D eigenvalue weighted by Crippen LogP contribution is -2.36. The number of benzene rings is 1. The van der Waals surface area contributed by atoms with Crippen molar-refractivity contribution in [2.75, 3.05) is 13.1 Å². The molecule has 3 rings (SSSR count). The second-order valence-electron chi connectivity index (χ2n) is 5.57. The minimum atomic E-state index is 0.325. The van der Waals surface area contributed by atoms with Crippen molar-refractivity contribution in [3.8, 4) is 0 Å². The van der Waals surface area contributed by atoms with Gasteiger partial charge in [0.1, 0.15) is 0 Å². The maximum atomic E-state index is 6.01. The van der Waals surface area contributed by atoms with Gasteiger partial charge in [0.25, 0.3) is 0 Å². The molecule has 1 fully saturated rings. The summed E-state index contributed by atoms with van der Waals surface area (Å²) in [6, 6.07) is 8.86. The van der Waals surface area contributed by atoms with Crippen LogP contribution in [0.4, 0.5) is 0 Å². The Kier molecular flexibility index (Phi) is 4.24. The van der Waals surface area contributed by atoms with E-state index in [4.69, 9.17) is 5.73 Å². The third-order valence-corrected chi connectivity index (χ3v) is 5.29. The molecule has 2 aromatic rings. The predicted octanol–water partition coefficient (Wildman–Crippen LogP) is 3.30. The Labute approximate surface area is 124 Å². The number of nitrogens with zero attached hydrogens (tertiary/aromatic N) is 2. The molecule has 1 aliphatic heterocycles. The van der Waals surface area contributed by atoms with Gasteiger partial charge >= 0.3 is 0 Å². The average molecular weight is 287 g/mol. The number of pyridine rings is 1. The molecule has 1 aromatic carbocycles. The highest BCUT2D eigenvalue weighted by Crippen LogP contribution is 2.33. The Balaban J connectivity index is 1.72. The fourth-order valence-electron chi connectivity index (χ4n) is 2.80. The molecule has 2 N–H and O–H groups in total. The normalized spacial score (nSPS) is 19.3. The summed E-state index contributed by atoms with van der Waals surface area (Å²) in [6.07, 6.45) is 6.21. The maximum absolute atomic E-state index is 6.01. The second kappa shape index (κ2) is 6.12. The second-order valence-corrected chi connectivity index (χ2v) is 6.71. The number of rotatable bonds is 3. The van der Waals surface area contributed by atoms with E-state index in [1.807, 2.05) is 24.3 Å². The summed E-state index contributed by atoms with van der Waals surface area (Å²) in [4.78, 5) is 5.52. The molecule has 0 spiro atoms. The van der Waals surface area contributed by atoms with Crippen molar-refractivity contribution in [2.24, 2.45) is 11.7 Å². The number of piperidine rings is 1. The van der Waals surface area contributed by atoms with Gasteiger partial charge in [-0.25, -0.2) is 4.31 Å². The standard InChI is InChI=1S/C16H21N3S/c1-12(17)13-6-9-19(10-7-13)20-16-4-2-3-14-11-18-8-5-15(14)16/h2-5,8,11-13H,6-7,9-10,17H2,1H3. The van der Waals surface area contributed by atoms with E-state index < -0.39 is 0 Å². The van der Waals surface area contributed by atoms with Crippen LogP contribution >= 0.6 is 11.9 Å². The Morgan fingerprint density at radius 1 is 1.30 bits per heavy atom. The molecule has 3 nitrogen and oxygen atoms in total. The van der Waals surface area contributed by atoms with E-state index in [1.165, 1.54) is 28.5 Å². The summed E-state index contributed by atoms with van der Waals surface area (Å²) in [7, 11) is 0. The molecule has 0 aliphatic carbocycles. The first-order valence-electron chi connectivity index (χ1n) is 7.25. The fraction of sp³-hybridized carbons (Fsp3) is 0.438. The molecule has 4 heteroatoms. The molecular formula is C16H21N3S. The van der Waals surface area contributed by atoms with Gasteiger partial charge in [-0.3, -0.25) is 4.98 Å². The molecule has 0 saturated carbocycles. The predicted molar refractivity (Wildman–Crippen MR) is 85.5 cm³/mol. The lowest BCUT2D eigenvalue weighted by molar-refractivity contribution is 0.264. The van der Waals surface area contributed by atoms with Crippen LogP contribution in [0.2, 0.25) is 0 Å². The summed E-state index contributed by atoms with van der Waals surface area (Å²) >= 11 is 1.87. The SMILES string of the molecule is CC(N)C1CCN(Sc2cccc3cnccc23)CC1. The molecule has 1 saturated heterocycles. The number of hydrogen-bond acceptors (Lipinski definition) is 4. The first-order chi connectivity index (χ1) is 9.74. The number of aromatic nitrogens is 1. The molecule has 2 heterocycles. The summed E-state index contributed by atoms with van der Waals surface area (Å²) < 4.78 is 2.47. The lowest BCUT2D eigenvalue weighted by Gasteiger charge is -2.32. The van der Waals surface area contributed by atoms with Crippen molar-refractivity contribution >= 4 is 22.7 Å². The Morgan fingerprint density at radius 3 is 2.85 bits per heavy atom. The molecule has 0 amide bonds. The van der Waals surface area contributed by atoms with Gasteiger partial charge in [0, 0.05) is 41.8 Å². The highest BCUT2D eigenvalue weighted by atomic mass is 32.2. The highest BCUT2D eigenvalue weighted by Gasteiger charge is 2.22. The smallest absolute Gasteiger partial charge is 0.0346 e. The van der Waals surface area contributed by atoms with Gasteiger partial charge in [-0.05, 0) is 55.2 Å². The van der Waals surface area contributed by atoms with E-state index in [0.29, 0.717) is 12.0 Å². The first-order valence-corrected chi connectivity index (χ1v) is 8.02. The van der Waals surface area contributed by atoms with Crippen LogP contribution < -0.4 is 5.73 Å². The first kappa shape index (κ1) is 13.9. The molecular weight excluding hydrogens is 266 g/mol. The largest absolute Gasteiger partial charge is 0.328 e. The maximum Gasteiger partial charge on any atom is 0.0346 e. The quantitative estimate of drug-likeness (QED) is 0.880. The van der Waals surface area contributed by atoms with Gasteiger partial charge in [-0.2, -0.15) is 0 Å². The van der Waals surface area contributed by atoms with Gasteiger partial charge in [0.05, 0.1) is 0 Å². The van der Waals surface area contributed by atoms with Gasteiger partial charge in [-0.1, -0.05) is 12.1 Å². The van der Waals surface area contributed by atoms with Crippen LogP contribution in [0.3, 0.4) is 0 Å². The zero-order valence-electron chi connectivity index (χ0n) is 11.8. The van der Waals surface area contributed by atoms with Crippen molar-refractivity contribution in [1.82, 2.24) is 9.29 Å². The van der Waals surface area contributed by atoms with E-state index in [9.17, 15) is 0 Å². The van der Waals surface area contributed by atoms with Crippen LogP contribution in [0.25, 0.3) is 10.8 Å². The average Bonchev–Trinajstić information content (AvgIpc) is 2.48. The van der Waals surface area contributed by atoms with Crippen LogP contribution in [0, 0.1) is 5.92 Å². The number of hydrogen-bond donors (Lipinski definition) is 1. The Bertz CT molecular complexity index is 571. The zero-order chi connectivity index (χ0) is 13.9. The molecule has 1 atom stereocenters. The molecule has 106 valence electrons. The summed E-state index contributed by atoms with van der Waals surface area (Å²) in [5.74, 6) is 0.684. The van der Waals surface area contributed by atoms with Crippen molar-refractivity contribution in [3.63, 3.8) is 0 Å². The van der Waals surface area contributed by atoms with E-state index in [0.717, 1.165) is 13.1 Å². The number of nitrogens with two attached hydrogens (primary N) is 1. The van der Waals surface area contributed by atoms with Crippen LogP contribution in [-0.4, -0.2) is 28.4 Å². The molecule has 0 radical (unpaired) electrons. The monoisotopic (exact) mass is 287 g/mol. The van der Waals surface area contributed by atoms with Crippen LogP contribution in [0.1, 0.15) is 19.8 Å². The van der Waals surface area contributed by atoms with Crippen molar-refractivity contribution in [3.05, 3.63) is 36.7 Å². The topological polar surface area (TPSA) is 42.1 Å². The third kappa shape index (κ3) is 2.97. The minimum Gasteiger partial charge on any atom is -0.328 e. The Hall–Kier alpha value is -1.10. The molecule has 20 heavy (non-hydrogen) atoms. The molecule has 1 aromatic heterocycles. The van der Waals surface area contributed by atoms with E-state index in [2.05, 4.69) is 40.5 Å². The summed E-state index contributed by atoms with van der Waals surface area (Å²) in [5.41, 5.74) is 6.01. The van der Waals surface area contributed by atoms with Gasteiger partial charge < -0.3 is 5.73 Å². The van der Waals surface area contributed by atoms with Gasteiger partial charge in [0.2, 0.25) is 0 Å². The molecule has 0 bridgehead atoms. The summed E-state index contributed by atoms with van der Waals surface area (Å²) in [6.45, 7) is 4.38. The van der Waals surface area contributed by atoms with E-state index >= 15 is 0 Å². The van der Waals surface area contributed by atoms with Crippen molar-refractivity contribution in [2.45, 2.75) is 30.7 Å². The third-order valence-electron chi connectivity index (χ3n) is 4.11. The van der Waals surface area contributed by atoms with Crippen LogP contribution in [0.15, 0.2) is 41.6 Å². The van der Waals surface area contributed by atoms with Crippen LogP contribution in [0.5, 0.6) is 0 Å². The minimum absolute atomic E-state index is 0.325. The van der Waals surface area contributed by atoms with Gasteiger partial charge in [-0.15, -0.1) is 0 Å². The zero-order valence-corrected chi connectivity index (χ0v) is 12.6. The highest BCUT2D eigenvalue weighted by molar-refractivity contribution is 7.97. The van der Waals surface area contributed by atoms with Gasteiger partial charge in [0.15, 0.2) is 0 Å². The molecule has 1 aliphatic rings.